The summed E-state index contributed by atoms with van der Waals surface area (Å²) < 4.78 is 1.71. The van der Waals surface area contributed by atoms with Crippen LogP contribution in [0.3, 0.4) is 0 Å². The number of nitrogen functional groups attached to an aromatic ring is 1. The Morgan fingerprint density at radius 2 is 1.97 bits per heavy atom. The molecule has 1 saturated carbocycles. The number of benzene rings is 2. The van der Waals surface area contributed by atoms with Crippen molar-refractivity contribution in [3.8, 4) is 11.8 Å². The standard InChI is InChI=1S/C25H20ClN7OS/c26-17-5-3-6-18-21(17)25(34)33(19-7-2-1-4-15(19)14-8-9-14)24(31-18)20-11-35-13-32(20)23-16(10-27)22(28)29-12-30-23/h1-7,12,14,20H,8-9,11,13H2,(H2,28,29,30)/t20-/m0/s1. The van der Waals surface area contributed by atoms with Crippen molar-refractivity contribution >= 4 is 45.9 Å². The highest BCUT2D eigenvalue weighted by atomic mass is 35.5. The molecule has 0 spiro atoms. The number of fused-ring (bicyclic) bond motifs is 1. The summed E-state index contributed by atoms with van der Waals surface area (Å²) in [6, 6.07) is 15.1. The van der Waals surface area contributed by atoms with Gasteiger partial charge in [-0.25, -0.2) is 15.0 Å². The van der Waals surface area contributed by atoms with Gasteiger partial charge in [0.1, 0.15) is 29.6 Å². The molecule has 4 aromatic rings. The molecule has 3 heterocycles. The maximum atomic E-state index is 14.1. The minimum Gasteiger partial charge on any atom is -0.382 e. The molecule has 2 N–H and O–H groups in total. The largest absolute Gasteiger partial charge is 0.382 e. The number of rotatable bonds is 4. The van der Waals surface area contributed by atoms with Crippen molar-refractivity contribution < 1.29 is 0 Å². The third kappa shape index (κ3) is 3.61. The van der Waals surface area contributed by atoms with Crippen LogP contribution in [0.4, 0.5) is 11.6 Å². The van der Waals surface area contributed by atoms with E-state index >= 15 is 0 Å². The van der Waals surface area contributed by atoms with Crippen LogP contribution in [0, 0.1) is 11.3 Å². The fourth-order valence-corrected chi connectivity index (χ4v) is 6.08. The number of thioether (sulfide) groups is 1. The number of aromatic nitrogens is 4. The second-order valence-corrected chi connectivity index (χ2v) is 10.0. The van der Waals surface area contributed by atoms with Gasteiger partial charge in [0.15, 0.2) is 5.82 Å². The Hall–Kier alpha value is -3.61. The molecular weight excluding hydrogens is 482 g/mol. The van der Waals surface area contributed by atoms with Crippen molar-refractivity contribution in [2.24, 2.45) is 0 Å². The van der Waals surface area contributed by atoms with Crippen LogP contribution in [0.2, 0.25) is 5.02 Å². The number of anilines is 2. The third-order valence-corrected chi connectivity index (χ3v) is 7.82. The Balaban J connectivity index is 1.63. The van der Waals surface area contributed by atoms with Gasteiger partial charge in [-0.15, -0.1) is 11.8 Å². The van der Waals surface area contributed by atoms with E-state index < -0.39 is 0 Å². The summed E-state index contributed by atoms with van der Waals surface area (Å²) in [6.07, 6.45) is 3.55. The van der Waals surface area contributed by atoms with Gasteiger partial charge in [-0.1, -0.05) is 35.9 Å². The lowest BCUT2D eigenvalue weighted by Crippen LogP contribution is -2.33. The maximum Gasteiger partial charge on any atom is 0.267 e. The summed E-state index contributed by atoms with van der Waals surface area (Å²) in [4.78, 5) is 29.4. The first-order valence-electron chi connectivity index (χ1n) is 11.2. The lowest BCUT2D eigenvalue weighted by molar-refractivity contribution is 0.664. The van der Waals surface area contributed by atoms with Gasteiger partial charge in [0.05, 0.1) is 33.5 Å². The monoisotopic (exact) mass is 501 g/mol. The van der Waals surface area contributed by atoms with E-state index in [1.54, 1.807) is 34.5 Å². The third-order valence-electron chi connectivity index (χ3n) is 6.49. The van der Waals surface area contributed by atoms with E-state index in [-0.39, 0.29) is 23.0 Å². The first-order chi connectivity index (χ1) is 17.1. The number of hydrogen-bond acceptors (Lipinski definition) is 8. The molecule has 2 aromatic carbocycles. The smallest absolute Gasteiger partial charge is 0.267 e. The molecule has 0 radical (unpaired) electrons. The number of halogens is 1. The Morgan fingerprint density at radius 3 is 2.77 bits per heavy atom. The molecule has 8 nitrogen and oxygen atoms in total. The molecule has 6 rings (SSSR count). The molecule has 0 bridgehead atoms. The molecule has 2 fully saturated rings. The normalized spacial score (nSPS) is 17.6. The van der Waals surface area contributed by atoms with E-state index in [2.05, 4.69) is 22.1 Å². The van der Waals surface area contributed by atoms with Gasteiger partial charge >= 0.3 is 0 Å². The first kappa shape index (κ1) is 21.9. The van der Waals surface area contributed by atoms with E-state index in [0.29, 0.717) is 45.1 Å². The number of nitrogens with two attached hydrogens (primary N) is 1. The molecule has 2 aromatic heterocycles. The molecule has 1 aliphatic carbocycles. The number of hydrogen-bond donors (Lipinski definition) is 1. The molecule has 2 aliphatic rings. The van der Waals surface area contributed by atoms with Crippen LogP contribution in [0.25, 0.3) is 16.6 Å². The van der Waals surface area contributed by atoms with E-state index in [1.165, 1.54) is 6.33 Å². The van der Waals surface area contributed by atoms with Gasteiger partial charge in [0.25, 0.3) is 5.56 Å². The van der Waals surface area contributed by atoms with Gasteiger partial charge in [0.2, 0.25) is 0 Å². The molecule has 1 saturated heterocycles. The van der Waals surface area contributed by atoms with Gasteiger partial charge in [-0.3, -0.25) is 9.36 Å². The van der Waals surface area contributed by atoms with Gasteiger partial charge in [-0.05, 0) is 42.5 Å². The Kier molecular flexibility index (Phi) is 5.35. The number of nitrogens with zero attached hydrogens (tertiary/aromatic N) is 6. The topological polar surface area (TPSA) is 114 Å². The maximum absolute atomic E-state index is 14.1. The van der Waals surface area contributed by atoms with Crippen molar-refractivity contribution in [2.45, 2.75) is 24.8 Å². The molecule has 1 atom stereocenters. The van der Waals surface area contributed by atoms with Crippen molar-refractivity contribution in [3.05, 3.63) is 81.1 Å². The summed E-state index contributed by atoms with van der Waals surface area (Å²) in [7, 11) is 0. The summed E-state index contributed by atoms with van der Waals surface area (Å²) in [6.45, 7) is 0. The average molecular weight is 502 g/mol. The minimum absolute atomic E-state index is 0.128. The molecule has 0 amide bonds. The second-order valence-electron chi connectivity index (χ2n) is 8.63. The lowest BCUT2D eigenvalue weighted by atomic mass is 10.1. The minimum atomic E-state index is -0.315. The Morgan fingerprint density at radius 1 is 1.14 bits per heavy atom. The van der Waals surface area contributed by atoms with Crippen LogP contribution < -0.4 is 16.2 Å². The number of para-hydroxylation sites is 1. The lowest BCUT2D eigenvalue weighted by Gasteiger charge is -2.28. The van der Waals surface area contributed by atoms with Crippen LogP contribution in [0.1, 0.15) is 41.8 Å². The predicted octanol–water partition coefficient (Wildman–Crippen LogP) is 4.41. The summed E-state index contributed by atoms with van der Waals surface area (Å²) in [5.74, 6) is 2.82. The van der Waals surface area contributed by atoms with Gasteiger partial charge in [0, 0.05) is 5.75 Å². The zero-order valence-corrected chi connectivity index (χ0v) is 20.1. The summed E-state index contributed by atoms with van der Waals surface area (Å²) in [5.41, 5.74) is 8.49. The van der Waals surface area contributed by atoms with E-state index in [1.807, 2.05) is 23.1 Å². The fraction of sp³-hybridized carbons (Fsp3) is 0.240. The molecule has 0 unspecified atom stereocenters. The highest BCUT2D eigenvalue weighted by Gasteiger charge is 2.35. The Labute approximate surface area is 210 Å². The van der Waals surface area contributed by atoms with Crippen LogP contribution in [0.15, 0.2) is 53.6 Å². The van der Waals surface area contributed by atoms with Gasteiger partial charge in [-0.2, -0.15) is 5.26 Å². The second kappa shape index (κ2) is 8.56. The summed E-state index contributed by atoms with van der Waals surface area (Å²) in [5, 5.41) is 10.5. The van der Waals surface area contributed by atoms with E-state index in [0.717, 1.165) is 24.1 Å². The van der Waals surface area contributed by atoms with Crippen LogP contribution in [-0.2, 0) is 0 Å². The highest BCUT2D eigenvalue weighted by molar-refractivity contribution is 7.99. The zero-order valence-electron chi connectivity index (χ0n) is 18.6. The Bertz CT molecular complexity index is 1580. The van der Waals surface area contributed by atoms with Crippen molar-refractivity contribution in [1.82, 2.24) is 19.5 Å². The van der Waals surface area contributed by atoms with Crippen molar-refractivity contribution in [2.75, 3.05) is 22.3 Å². The molecule has 35 heavy (non-hydrogen) atoms. The van der Waals surface area contributed by atoms with Crippen molar-refractivity contribution in [3.63, 3.8) is 0 Å². The fourth-order valence-electron chi connectivity index (χ4n) is 4.67. The van der Waals surface area contributed by atoms with E-state index in [9.17, 15) is 10.1 Å². The van der Waals surface area contributed by atoms with E-state index in [4.69, 9.17) is 22.3 Å². The molecule has 1 aliphatic heterocycles. The molecule has 174 valence electrons. The quantitative estimate of drug-likeness (QED) is 0.437. The SMILES string of the molecule is N#Cc1c(N)ncnc1N1CSC[C@H]1c1nc2cccc(Cl)c2c(=O)n1-c1ccccc1C1CC1. The number of nitriles is 1. The van der Waals surface area contributed by atoms with Crippen molar-refractivity contribution in [1.29, 1.82) is 5.26 Å². The van der Waals surface area contributed by atoms with Crippen LogP contribution in [-0.4, -0.2) is 31.1 Å². The predicted molar refractivity (Wildman–Crippen MR) is 138 cm³/mol. The highest BCUT2D eigenvalue weighted by Crippen LogP contribution is 2.44. The zero-order chi connectivity index (χ0) is 24.1. The summed E-state index contributed by atoms with van der Waals surface area (Å²) >= 11 is 8.18. The molecular formula is C25H20ClN7OS. The first-order valence-corrected chi connectivity index (χ1v) is 12.8. The average Bonchev–Trinajstić information content (AvgIpc) is 3.60. The van der Waals surface area contributed by atoms with Crippen LogP contribution in [0.5, 0.6) is 0 Å². The van der Waals surface area contributed by atoms with Crippen LogP contribution >= 0.6 is 23.4 Å². The molecule has 10 heteroatoms. The van der Waals surface area contributed by atoms with Gasteiger partial charge < -0.3 is 10.6 Å².